The van der Waals surface area contributed by atoms with Crippen LogP contribution in [0.1, 0.15) is 6.42 Å². The minimum absolute atomic E-state index is 0.182. The molecule has 0 bridgehead atoms. The van der Waals surface area contributed by atoms with E-state index in [0.29, 0.717) is 31.9 Å². The molecular formula is C14H22FN2O2P. The SMILES string of the molecule is Fc1cc(NCCCOCP)ccc1N1CCOCC1. The number of benzene rings is 1. The van der Waals surface area contributed by atoms with Gasteiger partial charge in [0.15, 0.2) is 0 Å². The van der Waals surface area contributed by atoms with E-state index in [1.54, 1.807) is 6.07 Å². The van der Waals surface area contributed by atoms with Crippen LogP contribution in [-0.2, 0) is 9.47 Å². The Morgan fingerprint density at radius 2 is 2.15 bits per heavy atom. The van der Waals surface area contributed by atoms with Gasteiger partial charge < -0.3 is 19.7 Å². The monoisotopic (exact) mass is 300 g/mol. The number of rotatable bonds is 7. The Morgan fingerprint density at radius 1 is 1.35 bits per heavy atom. The summed E-state index contributed by atoms with van der Waals surface area (Å²) in [4.78, 5) is 2.02. The average Bonchev–Trinajstić information content (AvgIpc) is 2.48. The van der Waals surface area contributed by atoms with Crippen LogP contribution in [-0.4, -0.2) is 45.8 Å². The second-order valence-corrected chi connectivity index (χ2v) is 4.95. The Labute approximate surface area is 121 Å². The van der Waals surface area contributed by atoms with Crippen molar-refractivity contribution >= 4 is 20.6 Å². The van der Waals surface area contributed by atoms with Crippen molar-refractivity contribution in [3.05, 3.63) is 24.0 Å². The zero-order valence-electron chi connectivity index (χ0n) is 11.6. The van der Waals surface area contributed by atoms with Crippen molar-refractivity contribution in [3.63, 3.8) is 0 Å². The number of hydrogen-bond acceptors (Lipinski definition) is 4. The summed E-state index contributed by atoms with van der Waals surface area (Å²) < 4.78 is 24.6. The van der Waals surface area contributed by atoms with E-state index in [9.17, 15) is 4.39 Å². The lowest BCUT2D eigenvalue weighted by atomic mass is 10.2. The summed E-state index contributed by atoms with van der Waals surface area (Å²) >= 11 is 0. The molecule has 0 saturated carbocycles. The molecule has 1 saturated heterocycles. The Bertz CT molecular complexity index is 414. The van der Waals surface area contributed by atoms with Gasteiger partial charge in [0.25, 0.3) is 0 Å². The third-order valence-electron chi connectivity index (χ3n) is 3.21. The molecule has 1 aliphatic heterocycles. The van der Waals surface area contributed by atoms with Gasteiger partial charge in [-0.25, -0.2) is 4.39 Å². The molecule has 2 rings (SSSR count). The van der Waals surface area contributed by atoms with Crippen molar-refractivity contribution in [1.82, 2.24) is 0 Å². The highest BCUT2D eigenvalue weighted by molar-refractivity contribution is 7.16. The van der Waals surface area contributed by atoms with E-state index in [1.807, 2.05) is 17.0 Å². The van der Waals surface area contributed by atoms with Crippen LogP contribution in [0, 0.1) is 5.82 Å². The maximum Gasteiger partial charge on any atom is 0.148 e. The van der Waals surface area contributed by atoms with Gasteiger partial charge in [0.1, 0.15) is 5.82 Å². The topological polar surface area (TPSA) is 33.7 Å². The largest absolute Gasteiger partial charge is 0.385 e. The van der Waals surface area contributed by atoms with Gasteiger partial charge in [-0.2, -0.15) is 0 Å². The molecule has 1 fully saturated rings. The first-order valence-corrected chi connectivity index (χ1v) is 7.77. The molecule has 1 heterocycles. The number of hydrogen-bond donors (Lipinski definition) is 1. The summed E-state index contributed by atoms with van der Waals surface area (Å²) in [5, 5.41) is 3.20. The maximum atomic E-state index is 14.1. The molecule has 1 N–H and O–H groups in total. The van der Waals surface area contributed by atoms with E-state index < -0.39 is 0 Å². The highest BCUT2D eigenvalue weighted by atomic mass is 31.0. The first-order valence-electron chi connectivity index (χ1n) is 6.95. The summed E-state index contributed by atoms with van der Waals surface area (Å²) in [5.41, 5.74) is 1.47. The normalized spacial score (nSPS) is 15.4. The summed E-state index contributed by atoms with van der Waals surface area (Å²) in [5.74, 6) is -0.182. The minimum Gasteiger partial charge on any atom is -0.385 e. The smallest absolute Gasteiger partial charge is 0.148 e. The van der Waals surface area contributed by atoms with Crippen molar-refractivity contribution in [2.24, 2.45) is 0 Å². The molecule has 0 aromatic heterocycles. The molecule has 0 radical (unpaired) electrons. The van der Waals surface area contributed by atoms with E-state index in [4.69, 9.17) is 9.47 Å². The Kier molecular flexibility index (Phi) is 6.51. The fraction of sp³-hybridized carbons (Fsp3) is 0.571. The number of halogens is 1. The van der Waals surface area contributed by atoms with E-state index in [1.165, 1.54) is 0 Å². The average molecular weight is 300 g/mol. The fourth-order valence-corrected chi connectivity index (χ4v) is 2.33. The van der Waals surface area contributed by atoms with Crippen molar-refractivity contribution in [2.45, 2.75) is 6.42 Å². The zero-order chi connectivity index (χ0) is 14.2. The first kappa shape index (κ1) is 15.5. The van der Waals surface area contributed by atoms with Crippen molar-refractivity contribution in [2.75, 3.05) is 56.0 Å². The van der Waals surface area contributed by atoms with Crippen LogP contribution in [0.25, 0.3) is 0 Å². The highest BCUT2D eigenvalue weighted by Crippen LogP contribution is 2.23. The summed E-state index contributed by atoms with van der Waals surface area (Å²) in [6.45, 7) is 4.31. The quantitative estimate of drug-likeness (QED) is 0.619. The second-order valence-electron chi connectivity index (χ2n) is 4.62. The van der Waals surface area contributed by atoms with Crippen molar-refractivity contribution < 1.29 is 13.9 Å². The second kappa shape index (κ2) is 8.40. The molecule has 6 heteroatoms. The molecule has 1 atom stereocenters. The summed E-state index contributed by atoms with van der Waals surface area (Å²) in [6, 6.07) is 5.31. The Balaban J connectivity index is 1.85. The summed E-state index contributed by atoms with van der Waals surface area (Å²) in [7, 11) is 2.52. The van der Waals surface area contributed by atoms with Gasteiger partial charge in [-0.1, -0.05) is 0 Å². The van der Waals surface area contributed by atoms with E-state index in [-0.39, 0.29) is 5.82 Å². The van der Waals surface area contributed by atoms with Crippen LogP contribution >= 0.6 is 9.24 Å². The number of ether oxygens (including phenoxy) is 2. The fourth-order valence-electron chi connectivity index (χ4n) is 2.17. The van der Waals surface area contributed by atoms with Gasteiger partial charge >= 0.3 is 0 Å². The van der Waals surface area contributed by atoms with Crippen LogP contribution < -0.4 is 10.2 Å². The number of anilines is 2. The molecule has 0 aliphatic carbocycles. The number of nitrogens with one attached hydrogen (secondary N) is 1. The van der Waals surface area contributed by atoms with Crippen LogP contribution in [0.15, 0.2) is 18.2 Å². The van der Waals surface area contributed by atoms with Gasteiger partial charge in [-0.3, -0.25) is 0 Å². The molecule has 1 aliphatic rings. The van der Waals surface area contributed by atoms with Crippen LogP contribution in [0.5, 0.6) is 0 Å². The molecule has 1 aromatic carbocycles. The van der Waals surface area contributed by atoms with Crippen molar-refractivity contribution in [3.8, 4) is 0 Å². The van der Waals surface area contributed by atoms with E-state index in [2.05, 4.69) is 14.6 Å². The lowest BCUT2D eigenvalue weighted by Crippen LogP contribution is -2.36. The molecule has 1 aromatic rings. The van der Waals surface area contributed by atoms with Gasteiger partial charge in [0, 0.05) is 31.9 Å². The standard InChI is InChI=1S/C14H22FN2O2P/c15-13-10-12(16-4-1-7-19-11-20)2-3-14(13)17-5-8-18-9-6-17/h2-3,10,16H,1,4-9,11,20H2. The van der Waals surface area contributed by atoms with E-state index in [0.717, 1.165) is 31.7 Å². The minimum atomic E-state index is -0.182. The molecule has 4 nitrogen and oxygen atoms in total. The molecule has 20 heavy (non-hydrogen) atoms. The van der Waals surface area contributed by atoms with Crippen LogP contribution in [0.2, 0.25) is 0 Å². The predicted octanol–water partition coefficient (Wildman–Crippen LogP) is 2.31. The molecule has 1 unspecified atom stereocenters. The van der Waals surface area contributed by atoms with Gasteiger partial charge in [-0.15, -0.1) is 9.24 Å². The predicted molar refractivity (Wildman–Crippen MR) is 83.1 cm³/mol. The van der Waals surface area contributed by atoms with Crippen LogP contribution in [0.3, 0.4) is 0 Å². The van der Waals surface area contributed by atoms with Gasteiger partial charge in [-0.05, 0) is 24.6 Å². The van der Waals surface area contributed by atoms with Crippen molar-refractivity contribution in [1.29, 1.82) is 0 Å². The first-order chi connectivity index (χ1) is 9.81. The van der Waals surface area contributed by atoms with E-state index >= 15 is 0 Å². The Morgan fingerprint density at radius 3 is 2.85 bits per heavy atom. The molecule has 0 spiro atoms. The maximum absolute atomic E-state index is 14.1. The lowest BCUT2D eigenvalue weighted by Gasteiger charge is -2.29. The number of morpholine rings is 1. The molecule has 0 amide bonds. The third-order valence-corrected chi connectivity index (χ3v) is 3.45. The molecule has 112 valence electrons. The molecular weight excluding hydrogens is 278 g/mol. The number of nitrogens with zero attached hydrogens (tertiary/aromatic N) is 1. The zero-order valence-corrected chi connectivity index (χ0v) is 12.8. The Hall–Kier alpha value is -0.900. The third kappa shape index (κ3) is 4.58. The van der Waals surface area contributed by atoms with Crippen LogP contribution in [0.4, 0.5) is 15.8 Å². The van der Waals surface area contributed by atoms with Gasteiger partial charge in [0.2, 0.25) is 0 Å². The van der Waals surface area contributed by atoms with Gasteiger partial charge in [0.05, 0.1) is 25.2 Å². The lowest BCUT2D eigenvalue weighted by molar-refractivity contribution is 0.122. The summed E-state index contributed by atoms with van der Waals surface area (Å²) in [6.07, 6.45) is 1.56. The highest BCUT2D eigenvalue weighted by Gasteiger charge is 2.15.